The molecule has 2 aromatic carbocycles. The van der Waals surface area contributed by atoms with Gasteiger partial charge in [-0.25, -0.2) is 9.37 Å². The summed E-state index contributed by atoms with van der Waals surface area (Å²) in [5.41, 5.74) is 2.71. The van der Waals surface area contributed by atoms with Crippen molar-refractivity contribution in [3.63, 3.8) is 0 Å². The molecule has 6 heteroatoms. The molecular weight excluding hydrogens is 317 g/mol. The molecule has 3 rings (SSSR count). The van der Waals surface area contributed by atoms with Gasteiger partial charge in [0.15, 0.2) is 0 Å². The summed E-state index contributed by atoms with van der Waals surface area (Å²) in [6, 6.07) is 13.3. The van der Waals surface area contributed by atoms with E-state index in [1.165, 1.54) is 24.3 Å². The largest absolute Gasteiger partial charge is 0.326 e. The van der Waals surface area contributed by atoms with E-state index < -0.39 is 5.82 Å². The molecule has 23 heavy (non-hydrogen) atoms. The molecule has 0 atom stereocenters. The lowest BCUT2D eigenvalue weighted by molar-refractivity contribution is 0.628. The van der Waals surface area contributed by atoms with Gasteiger partial charge in [0, 0.05) is 17.3 Å². The predicted molar refractivity (Wildman–Crippen MR) is 89.7 cm³/mol. The van der Waals surface area contributed by atoms with E-state index in [0.29, 0.717) is 11.4 Å². The monoisotopic (exact) mass is 329 g/mol. The molecule has 0 radical (unpaired) electrons. The first-order valence-electron chi connectivity index (χ1n) is 6.92. The lowest BCUT2D eigenvalue weighted by Crippen LogP contribution is -2.10. The number of halogens is 2. The van der Waals surface area contributed by atoms with Crippen LogP contribution in [0.2, 0.25) is 5.02 Å². The summed E-state index contributed by atoms with van der Waals surface area (Å²) in [6.45, 7) is 1.97. The highest BCUT2D eigenvalue weighted by Gasteiger charge is 2.06. The minimum Gasteiger partial charge on any atom is -0.326 e. The Bertz CT molecular complexity index is 924. The van der Waals surface area contributed by atoms with E-state index in [-0.39, 0.29) is 16.5 Å². The first-order valence-corrected chi connectivity index (χ1v) is 7.29. The zero-order chi connectivity index (χ0) is 16.4. The van der Waals surface area contributed by atoms with Crippen LogP contribution in [0.15, 0.2) is 53.3 Å². The van der Waals surface area contributed by atoms with E-state index in [1.54, 1.807) is 0 Å². The van der Waals surface area contributed by atoms with Crippen molar-refractivity contribution in [3.8, 4) is 11.3 Å². The Kier molecular flexibility index (Phi) is 4.12. The quantitative estimate of drug-likeness (QED) is 0.754. The third kappa shape index (κ3) is 3.57. The zero-order valence-corrected chi connectivity index (χ0v) is 13.0. The van der Waals surface area contributed by atoms with Crippen LogP contribution in [0.25, 0.3) is 11.3 Å². The minimum atomic E-state index is -0.507. The highest BCUT2D eigenvalue weighted by atomic mass is 35.5. The highest BCUT2D eigenvalue weighted by molar-refractivity contribution is 6.31. The highest BCUT2D eigenvalue weighted by Crippen LogP contribution is 2.22. The summed E-state index contributed by atoms with van der Waals surface area (Å²) in [5, 5.41) is 2.91. The lowest BCUT2D eigenvalue weighted by atomic mass is 10.1. The Hall–Kier alpha value is -2.66. The predicted octanol–water partition coefficient (Wildman–Crippen LogP) is 4.28. The van der Waals surface area contributed by atoms with E-state index in [2.05, 4.69) is 15.3 Å². The second-order valence-electron chi connectivity index (χ2n) is 5.10. The van der Waals surface area contributed by atoms with Crippen LogP contribution < -0.4 is 10.9 Å². The minimum absolute atomic E-state index is 0.00724. The van der Waals surface area contributed by atoms with Crippen LogP contribution in [0.5, 0.6) is 0 Å². The third-order valence-electron chi connectivity index (χ3n) is 3.24. The van der Waals surface area contributed by atoms with Gasteiger partial charge in [0.2, 0.25) is 5.95 Å². The Morgan fingerprint density at radius 3 is 2.74 bits per heavy atom. The summed E-state index contributed by atoms with van der Waals surface area (Å²) in [4.78, 5) is 18.8. The van der Waals surface area contributed by atoms with Crippen LogP contribution >= 0.6 is 11.6 Å². The number of nitrogens with one attached hydrogen (secondary N) is 2. The number of hydrogen-bond donors (Lipinski definition) is 2. The summed E-state index contributed by atoms with van der Waals surface area (Å²) in [7, 11) is 0. The number of benzene rings is 2. The fourth-order valence-corrected chi connectivity index (χ4v) is 2.36. The van der Waals surface area contributed by atoms with E-state index in [4.69, 9.17) is 11.6 Å². The summed E-state index contributed by atoms with van der Waals surface area (Å²) in [5.74, 6) is -0.246. The molecule has 0 amide bonds. The molecular formula is C17H13ClFN3O. The number of anilines is 2. The van der Waals surface area contributed by atoms with Crippen LogP contribution in [0.4, 0.5) is 16.0 Å². The van der Waals surface area contributed by atoms with Gasteiger partial charge >= 0.3 is 0 Å². The van der Waals surface area contributed by atoms with Gasteiger partial charge in [0.25, 0.3) is 5.56 Å². The Labute approximate surface area is 137 Å². The van der Waals surface area contributed by atoms with Crippen LogP contribution in [-0.2, 0) is 0 Å². The molecule has 0 bridgehead atoms. The fraction of sp³-hybridized carbons (Fsp3) is 0.0588. The maximum atomic E-state index is 13.2. The maximum absolute atomic E-state index is 13.2. The Morgan fingerprint density at radius 1 is 1.17 bits per heavy atom. The van der Waals surface area contributed by atoms with Gasteiger partial charge in [-0.05, 0) is 31.2 Å². The standard InChI is InChI=1S/C17H13ClFN3O/c1-10-3-2-4-11(7-10)15-9-16(23)22-17(21-15)20-12-5-6-14(19)13(18)8-12/h2-9H,1H3,(H2,20,21,22,23). The van der Waals surface area contributed by atoms with E-state index in [9.17, 15) is 9.18 Å². The lowest BCUT2D eigenvalue weighted by Gasteiger charge is -2.08. The fourth-order valence-electron chi connectivity index (χ4n) is 2.18. The molecule has 0 saturated carbocycles. The molecule has 0 saturated heterocycles. The molecule has 3 aromatic rings. The van der Waals surface area contributed by atoms with Crippen molar-refractivity contribution in [2.75, 3.05) is 5.32 Å². The van der Waals surface area contributed by atoms with Crippen molar-refractivity contribution >= 4 is 23.2 Å². The van der Waals surface area contributed by atoms with Gasteiger partial charge in [-0.15, -0.1) is 0 Å². The summed E-state index contributed by atoms with van der Waals surface area (Å²) in [6.07, 6.45) is 0. The average molecular weight is 330 g/mol. The van der Waals surface area contributed by atoms with Gasteiger partial charge in [0.05, 0.1) is 10.7 Å². The zero-order valence-electron chi connectivity index (χ0n) is 12.2. The molecule has 0 unspecified atom stereocenters. The molecule has 1 aromatic heterocycles. The number of aryl methyl sites for hydroxylation is 1. The first kappa shape index (κ1) is 15.2. The smallest absolute Gasteiger partial charge is 0.252 e. The van der Waals surface area contributed by atoms with Crippen molar-refractivity contribution in [2.24, 2.45) is 0 Å². The van der Waals surface area contributed by atoms with Gasteiger partial charge in [-0.2, -0.15) is 0 Å². The van der Waals surface area contributed by atoms with Crippen LogP contribution in [0, 0.1) is 12.7 Å². The molecule has 0 spiro atoms. The van der Waals surface area contributed by atoms with Crippen molar-refractivity contribution in [3.05, 3.63) is 75.3 Å². The number of H-pyrrole nitrogens is 1. The van der Waals surface area contributed by atoms with Crippen molar-refractivity contribution < 1.29 is 4.39 Å². The molecule has 116 valence electrons. The Morgan fingerprint density at radius 2 is 2.00 bits per heavy atom. The van der Waals surface area contributed by atoms with Gasteiger partial charge in [-0.3, -0.25) is 9.78 Å². The number of nitrogens with zero attached hydrogens (tertiary/aromatic N) is 1. The molecule has 0 aliphatic rings. The van der Waals surface area contributed by atoms with Crippen molar-refractivity contribution in [1.29, 1.82) is 0 Å². The van der Waals surface area contributed by atoms with Gasteiger partial charge < -0.3 is 5.32 Å². The van der Waals surface area contributed by atoms with E-state index in [1.807, 2.05) is 31.2 Å². The molecule has 0 aliphatic heterocycles. The second-order valence-corrected chi connectivity index (χ2v) is 5.51. The molecule has 4 nitrogen and oxygen atoms in total. The van der Waals surface area contributed by atoms with Crippen LogP contribution in [0.1, 0.15) is 5.56 Å². The number of hydrogen-bond acceptors (Lipinski definition) is 3. The number of rotatable bonds is 3. The maximum Gasteiger partial charge on any atom is 0.252 e. The molecule has 0 fully saturated rings. The van der Waals surface area contributed by atoms with Gasteiger partial charge in [0.1, 0.15) is 5.82 Å². The first-order chi connectivity index (χ1) is 11.0. The third-order valence-corrected chi connectivity index (χ3v) is 3.53. The summed E-state index contributed by atoms with van der Waals surface area (Å²) < 4.78 is 13.2. The second kappa shape index (κ2) is 6.22. The van der Waals surface area contributed by atoms with Gasteiger partial charge in [-0.1, -0.05) is 35.4 Å². The van der Waals surface area contributed by atoms with Crippen LogP contribution in [-0.4, -0.2) is 9.97 Å². The normalized spacial score (nSPS) is 10.6. The van der Waals surface area contributed by atoms with E-state index in [0.717, 1.165) is 11.1 Å². The number of aromatic nitrogens is 2. The van der Waals surface area contributed by atoms with E-state index >= 15 is 0 Å². The molecule has 2 N–H and O–H groups in total. The topological polar surface area (TPSA) is 57.8 Å². The Balaban J connectivity index is 1.97. The molecule has 0 aliphatic carbocycles. The van der Waals surface area contributed by atoms with Crippen molar-refractivity contribution in [1.82, 2.24) is 9.97 Å². The SMILES string of the molecule is Cc1cccc(-c2cc(=O)[nH]c(Nc3ccc(F)c(Cl)c3)n2)c1. The number of aromatic amines is 1. The average Bonchev–Trinajstić information content (AvgIpc) is 2.50. The molecule has 1 heterocycles. The summed E-state index contributed by atoms with van der Waals surface area (Å²) >= 11 is 5.75. The van der Waals surface area contributed by atoms with Crippen LogP contribution in [0.3, 0.4) is 0 Å². The van der Waals surface area contributed by atoms with Crippen molar-refractivity contribution in [2.45, 2.75) is 6.92 Å².